The maximum absolute atomic E-state index is 5.68. The van der Waals surface area contributed by atoms with Crippen LogP contribution < -0.4 is 0 Å². The van der Waals surface area contributed by atoms with Crippen molar-refractivity contribution in [3.8, 4) is 0 Å². The number of nitrogens with zero attached hydrogens (tertiary/aromatic N) is 2. The van der Waals surface area contributed by atoms with Crippen LogP contribution in [0.25, 0.3) is 0 Å². The number of halogens is 1. The zero-order valence-electron chi connectivity index (χ0n) is 6.50. The minimum Gasteiger partial charge on any atom is -0.286 e. The van der Waals surface area contributed by atoms with Crippen molar-refractivity contribution in [1.29, 1.82) is 0 Å². The van der Waals surface area contributed by atoms with Crippen molar-refractivity contribution in [1.82, 2.24) is 0 Å². The molecule has 1 heterocycles. The summed E-state index contributed by atoms with van der Waals surface area (Å²) in [5, 5.41) is 0.505. The van der Waals surface area contributed by atoms with Gasteiger partial charge in [0, 0.05) is 7.05 Å². The second-order valence-electron chi connectivity index (χ2n) is 2.05. The molecule has 0 fully saturated rings. The maximum Gasteiger partial charge on any atom is 0.129 e. The van der Waals surface area contributed by atoms with Crippen LogP contribution in [-0.2, 0) is 0 Å². The van der Waals surface area contributed by atoms with Crippen molar-refractivity contribution in [2.75, 3.05) is 7.05 Å². The fourth-order valence-electron chi connectivity index (χ4n) is 0.844. The highest BCUT2D eigenvalue weighted by molar-refractivity contribution is 6.69. The maximum atomic E-state index is 5.68. The minimum absolute atomic E-state index is 0.505. The molecule has 3 heteroatoms. The van der Waals surface area contributed by atoms with Crippen LogP contribution in [0.2, 0.25) is 0 Å². The Morgan fingerprint density at radius 2 is 2.27 bits per heavy atom. The van der Waals surface area contributed by atoms with Crippen molar-refractivity contribution in [2.24, 2.45) is 9.98 Å². The van der Waals surface area contributed by atoms with Crippen LogP contribution in [0.15, 0.2) is 33.9 Å². The summed E-state index contributed by atoms with van der Waals surface area (Å²) < 4.78 is 0. The average molecular weight is 169 g/mol. The first-order chi connectivity index (χ1) is 5.27. The van der Waals surface area contributed by atoms with Gasteiger partial charge in [0.2, 0.25) is 0 Å². The Labute approximate surface area is 71.0 Å². The molecule has 1 aliphatic heterocycles. The molecule has 11 heavy (non-hydrogen) atoms. The normalized spacial score (nSPS) is 24.5. The molecule has 1 aliphatic rings. The summed E-state index contributed by atoms with van der Waals surface area (Å²) >= 11 is 5.68. The number of dihydropyridines is 1. The molecule has 1 rings (SSSR count). The molecule has 0 saturated heterocycles. The number of rotatable bonds is 0. The molecule has 2 nitrogen and oxygen atoms in total. The molecule has 0 aromatic heterocycles. The first-order valence-corrected chi connectivity index (χ1v) is 3.71. The highest BCUT2D eigenvalue weighted by Crippen LogP contribution is 2.10. The predicted octanol–water partition coefficient (Wildman–Crippen LogP) is 2.17. The topological polar surface area (TPSA) is 24.7 Å². The average Bonchev–Trinajstić information content (AvgIpc) is 2.04. The van der Waals surface area contributed by atoms with E-state index in [0.717, 1.165) is 11.4 Å². The Hall–Kier alpha value is -0.890. The van der Waals surface area contributed by atoms with E-state index in [9.17, 15) is 0 Å². The van der Waals surface area contributed by atoms with Gasteiger partial charge < -0.3 is 0 Å². The molecule has 0 aromatic carbocycles. The molecule has 0 amide bonds. The smallest absolute Gasteiger partial charge is 0.129 e. The zero-order chi connectivity index (χ0) is 8.27. The summed E-state index contributed by atoms with van der Waals surface area (Å²) in [4.78, 5) is 8.11. The van der Waals surface area contributed by atoms with Crippen molar-refractivity contribution < 1.29 is 0 Å². The SMILES string of the molecule is C/C=C1/N=C(Cl)C=CC1=NC. The molecule has 0 spiro atoms. The van der Waals surface area contributed by atoms with Gasteiger partial charge >= 0.3 is 0 Å². The van der Waals surface area contributed by atoms with Gasteiger partial charge in [0.25, 0.3) is 0 Å². The zero-order valence-corrected chi connectivity index (χ0v) is 7.26. The van der Waals surface area contributed by atoms with E-state index in [1.54, 1.807) is 13.1 Å². The van der Waals surface area contributed by atoms with Gasteiger partial charge in [-0.2, -0.15) is 0 Å². The molecule has 0 saturated carbocycles. The van der Waals surface area contributed by atoms with Gasteiger partial charge in [0.1, 0.15) is 5.17 Å². The van der Waals surface area contributed by atoms with E-state index in [4.69, 9.17) is 11.6 Å². The van der Waals surface area contributed by atoms with Gasteiger partial charge in [0.05, 0.1) is 11.4 Å². The summed E-state index contributed by atoms with van der Waals surface area (Å²) in [6.45, 7) is 1.91. The predicted molar refractivity (Wildman–Crippen MR) is 49.5 cm³/mol. The molecular formula is C8H9ClN2. The summed E-state index contributed by atoms with van der Waals surface area (Å²) in [5.41, 5.74) is 1.71. The van der Waals surface area contributed by atoms with E-state index in [1.165, 1.54) is 0 Å². The third-order valence-corrected chi connectivity index (χ3v) is 1.59. The Kier molecular flexibility index (Phi) is 2.60. The van der Waals surface area contributed by atoms with Crippen LogP contribution in [0.3, 0.4) is 0 Å². The van der Waals surface area contributed by atoms with Crippen molar-refractivity contribution in [3.63, 3.8) is 0 Å². The number of aliphatic imine (C=N–C) groups is 2. The van der Waals surface area contributed by atoms with Crippen LogP contribution in [0, 0.1) is 0 Å². The van der Waals surface area contributed by atoms with Crippen molar-refractivity contribution in [2.45, 2.75) is 6.92 Å². The van der Waals surface area contributed by atoms with Gasteiger partial charge in [-0.3, -0.25) is 4.99 Å². The van der Waals surface area contributed by atoms with Gasteiger partial charge in [-0.15, -0.1) is 0 Å². The first-order valence-electron chi connectivity index (χ1n) is 3.33. The number of allylic oxidation sites excluding steroid dienone is 3. The number of hydrogen-bond donors (Lipinski definition) is 0. The lowest BCUT2D eigenvalue weighted by Gasteiger charge is -2.05. The van der Waals surface area contributed by atoms with Crippen LogP contribution in [-0.4, -0.2) is 17.9 Å². The summed E-state index contributed by atoms with van der Waals surface area (Å²) in [5.74, 6) is 0. The molecule has 58 valence electrons. The fourth-order valence-corrected chi connectivity index (χ4v) is 0.998. The Bertz CT molecular complexity index is 272. The summed E-state index contributed by atoms with van der Waals surface area (Å²) in [6.07, 6.45) is 5.47. The molecule has 0 unspecified atom stereocenters. The third-order valence-electron chi connectivity index (χ3n) is 1.38. The molecule has 0 bridgehead atoms. The Balaban J connectivity index is 3.03. The van der Waals surface area contributed by atoms with E-state index in [2.05, 4.69) is 9.98 Å². The minimum atomic E-state index is 0.505. The molecule has 0 aliphatic carbocycles. The third kappa shape index (κ3) is 1.77. The van der Waals surface area contributed by atoms with E-state index in [1.807, 2.05) is 19.1 Å². The second kappa shape index (κ2) is 3.49. The fraction of sp³-hybridized carbons (Fsp3) is 0.250. The van der Waals surface area contributed by atoms with Crippen LogP contribution >= 0.6 is 11.6 Å². The van der Waals surface area contributed by atoms with Crippen molar-refractivity contribution >= 4 is 22.5 Å². The molecule has 0 aromatic rings. The molecule has 0 radical (unpaired) electrons. The second-order valence-corrected chi connectivity index (χ2v) is 2.44. The quantitative estimate of drug-likeness (QED) is 0.530. The van der Waals surface area contributed by atoms with Crippen molar-refractivity contribution in [3.05, 3.63) is 23.9 Å². The highest BCUT2D eigenvalue weighted by Gasteiger charge is 2.05. The van der Waals surface area contributed by atoms with E-state index in [0.29, 0.717) is 5.17 Å². The van der Waals surface area contributed by atoms with Gasteiger partial charge in [-0.05, 0) is 19.1 Å². The molecule has 0 atom stereocenters. The monoisotopic (exact) mass is 168 g/mol. The lowest BCUT2D eigenvalue weighted by Crippen LogP contribution is -2.03. The summed E-state index contributed by atoms with van der Waals surface area (Å²) in [7, 11) is 1.73. The van der Waals surface area contributed by atoms with E-state index in [-0.39, 0.29) is 0 Å². The molecular weight excluding hydrogens is 160 g/mol. The lowest BCUT2D eigenvalue weighted by atomic mass is 10.2. The Morgan fingerprint density at radius 1 is 1.55 bits per heavy atom. The van der Waals surface area contributed by atoms with Gasteiger partial charge in [-0.25, -0.2) is 4.99 Å². The van der Waals surface area contributed by atoms with Crippen LogP contribution in [0.4, 0.5) is 0 Å². The largest absolute Gasteiger partial charge is 0.286 e. The lowest BCUT2D eigenvalue weighted by molar-refractivity contribution is 1.36. The van der Waals surface area contributed by atoms with E-state index >= 15 is 0 Å². The highest BCUT2D eigenvalue weighted by atomic mass is 35.5. The van der Waals surface area contributed by atoms with Gasteiger partial charge in [0.15, 0.2) is 0 Å². The standard InChI is InChI=1S/C8H9ClN2/c1-3-6-7(10-2)4-5-8(9)11-6/h3-5H,1-2H3/b6-3+,10-7?. The first kappa shape index (κ1) is 8.21. The number of hydrogen-bond acceptors (Lipinski definition) is 2. The Morgan fingerprint density at radius 3 is 2.82 bits per heavy atom. The summed E-state index contributed by atoms with van der Waals surface area (Å²) in [6, 6.07) is 0. The van der Waals surface area contributed by atoms with E-state index < -0.39 is 0 Å². The molecule has 0 N–H and O–H groups in total. The van der Waals surface area contributed by atoms with Gasteiger partial charge in [-0.1, -0.05) is 17.7 Å². The van der Waals surface area contributed by atoms with Crippen LogP contribution in [0.5, 0.6) is 0 Å². The van der Waals surface area contributed by atoms with Crippen LogP contribution in [0.1, 0.15) is 6.92 Å².